The lowest BCUT2D eigenvalue weighted by Gasteiger charge is -2.27. The summed E-state index contributed by atoms with van der Waals surface area (Å²) in [6, 6.07) is 4.38. The van der Waals surface area contributed by atoms with Gasteiger partial charge in [-0.1, -0.05) is 33.8 Å². The number of ether oxygens (including phenoxy) is 1. The Morgan fingerprint density at radius 2 is 1.88 bits per heavy atom. The molecule has 17 heavy (non-hydrogen) atoms. The molecule has 0 unspecified atom stereocenters. The summed E-state index contributed by atoms with van der Waals surface area (Å²) in [5, 5.41) is 0. The Balaban J connectivity index is 3.39. The quantitative estimate of drug-likeness (QED) is 0.868. The van der Waals surface area contributed by atoms with Crippen molar-refractivity contribution in [3.8, 4) is 5.75 Å². The van der Waals surface area contributed by atoms with Crippen molar-refractivity contribution in [2.45, 2.75) is 46.0 Å². The zero-order valence-electron chi connectivity index (χ0n) is 11.9. The van der Waals surface area contributed by atoms with E-state index in [1.54, 1.807) is 7.11 Å². The summed E-state index contributed by atoms with van der Waals surface area (Å²) in [7, 11) is 1.73. The highest BCUT2D eigenvalue weighted by atomic mass is 16.5. The molecular formula is C15H25NO. The average Bonchev–Trinajstić information content (AvgIpc) is 2.27. The summed E-state index contributed by atoms with van der Waals surface area (Å²) in [6.07, 6.45) is 0. The van der Waals surface area contributed by atoms with Crippen molar-refractivity contribution < 1.29 is 4.74 Å². The summed E-state index contributed by atoms with van der Waals surface area (Å²) < 4.78 is 5.46. The van der Waals surface area contributed by atoms with Crippen LogP contribution in [0, 0.1) is 6.92 Å². The summed E-state index contributed by atoms with van der Waals surface area (Å²) >= 11 is 0. The molecule has 0 amide bonds. The van der Waals surface area contributed by atoms with Crippen molar-refractivity contribution in [1.82, 2.24) is 0 Å². The molecule has 0 aromatic heterocycles. The first-order valence-corrected chi connectivity index (χ1v) is 6.22. The monoisotopic (exact) mass is 235 g/mol. The highest BCUT2D eigenvalue weighted by molar-refractivity contribution is 5.46. The minimum Gasteiger partial charge on any atom is -0.496 e. The van der Waals surface area contributed by atoms with Crippen LogP contribution in [0.3, 0.4) is 0 Å². The SMILES string of the molecule is COc1cc(C)c(C(C)(C)CN)cc1C(C)C. The van der Waals surface area contributed by atoms with Gasteiger partial charge in [-0.3, -0.25) is 0 Å². The van der Waals surface area contributed by atoms with Crippen LogP contribution in [0.2, 0.25) is 0 Å². The lowest BCUT2D eigenvalue weighted by atomic mass is 9.80. The number of rotatable bonds is 4. The van der Waals surface area contributed by atoms with E-state index in [-0.39, 0.29) is 5.41 Å². The van der Waals surface area contributed by atoms with Crippen LogP contribution in [0.1, 0.15) is 50.3 Å². The molecule has 0 radical (unpaired) electrons. The largest absolute Gasteiger partial charge is 0.496 e. The summed E-state index contributed by atoms with van der Waals surface area (Å²) in [5.74, 6) is 1.44. The standard InChI is InChI=1S/C15H25NO/c1-10(2)12-8-13(15(4,5)9-16)11(3)7-14(12)17-6/h7-8,10H,9,16H2,1-6H3. The number of methoxy groups -OCH3 is 1. The maximum Gasteiger partial charge on any atom is 0.122 e. The fraction of sp³-hybridized carbons (Fsp3) is 0.600. The molecule has 0 aliphatic rings. The summed E-state index contributed by atoms with van der Waals surface area (Å²) in [6.45, 7) is 11.5. The smallest absolute Gasteiger partial charge is 0.122 e. The van der Waals surface area contributed by atoms with Crippen LogP contribution in [-0.2, 0) is 5.41 Å². The lowest BCUT2D eigenvalue weighted by Crippen LogP contribution is -2.29. The molecule has 2 N–H and O–H groups in total. The average molecular weight is 235 g/mol. The molecule has 96 valence electrons. The zero-order valence-corrected chi connectivity index (χ0v) is 11.9. The van der Waals surface area contributed by atoms with Crippen molar-refractivity contribution >= 4 is 0 Å². The van der Waals surface area contributed by atoms with Gasteiger partial charge in [0.25, 0.3) is 0 Å². The normalized spacial score (nSPS) is 12.0. The third kappa shape index (κ3) is 2.81. The van der Waals surface area contributed by atoms with Crippen LogP contribution in [0.5, 0.6) is 5.75 Å². The number of nitrogens with two attached hydrogens (primary N) is 1. The predicted octanol–water partition coefficient (Wildman–Crippen LogP) is 3.36. The molecular weight excluding hydrogens is 210 g/mol. The fourth-order valence-corrected chi connectivity index (χ4v) is 2.17. The third-order valence-corrected chi connectivity index (χ3v) is 3.44. The van der Waals surface area contributed by atoms with E-state index in [4.69, 9.17) is 10.5 Å². The van der Waals surface area contributed by atoms with Gasteiger partial charge in [0, 0.05) is 12.0 Å². The Morgan fingerprint density at radius 1 is 1.29 bits per heavy atom. The van der Waals surface area contributed by atoms with Gasteiger partial charge in [-0.2, -0.15) is 0 Å². The van der Waals surface area contributed by atoms with Crippen LogP contribution in [0.25, 0.3) is 0 Å². The molecule has 0 atom stereocenters. The number of benzene rings is 1. The number of aryl methyl sites for hydroxylation is 1. The van der Waals surface area contributed by atoms with E-state index in [9.17, 15) is 0 Å². The Morgan fingerprint density at radius 3 is 2.29 bits per heavy atom. The molecule has 0 bridgehead atoms. The van der Waals surface area contributed by atoms with Crippen molar-refractivity contribution in [2.24, 2.45) is 5.73 Å². The molecule has 0 saturated heterocycles. The van der Waals surface area contributed by atoms with Crippen LogP contribution in [0.4, 0.5) is 0 Å². The van der Waals surface area contributed by atoms with E-state index >= 15 is 0 Å². The van der Waals surface area contributed by atoms with Crippen molar-refractivity contribution in [2.75, 3.05) is 13.7 Å². The molecule has 1 aromatic rings. The van der Waals surface area contributed by atoms with Gasteiger partial charge in [0.1, 0.15) is 5.75 Å². The molecule has 1 rings (SSSR count). The van der Waals surface area contributed by atoms with Crippen LogP contribution < -0.4 is 10.5 Å². The van der Waals surface area contributed by atoms with Crippen LogP contribution in [-0.4, -0.2) is 13.7 Å². The molecule has 0 aliphatic heterocycles. The van der Waals surface area contributed by atoms with Gasteiger partial charge in [-0.05, 0) is 35.6 Å². The zero-order chi connectivity index (χ0) is 13.2. The highest BCUT2D eigenvalue weighted by Gasteiger charge is 2.23. The number of hydrogen-bond acceptors (Lipinski definition) is 2. The van der Waals surface area contributed by atoms with Crippen molar-refractivity contribution in [1.29, 1.82) is 0 Å². The van der Waals surface area contributed by atoms with Gasteiger partial charge in [0.2, 0.25) is 0 Å². The first kappa shape index (κ1) is 14.0. The summed E-state index contributed by atoms with van der Waals surface area (Å²) in [4.78, 5) is 0. The van der Waals surface area contributed by atoms with Crippen LogP contribution in [0.15, 0.2) is 12.1 Å². The van der Waals surface area contributed by atoms with Gasteiger partial charge in [0.15, 0.2) is 0 Å². The Bertz CT molecular complexity index is 394. The lowest BCUT2D eigenvalue weighted by molar-refractivity contribution is 0.406. The van der Waals surface area contributed by atoms with E-state index in [2.05, 4.69) is 46.8 Å². The van der Waals surface area contributed by atoms with E-state index in [0.29, 0.717) is 12.5 Å². The first-order valence-electron chi connectivity index (χ1n) is 6.22. The second-order valence-electron chi connectivity index (χ2n) is 5.65. The Kier molecular flexibility index (Phi) is 4.21. The minimum atomic E-state index is 0.0139. The molecule has 0 aliphatic carbocycles. The van der Waals surface area contributed by atoms with Crippen molar-refractivity contribution in [3.05, 3.63) is 28.8 Å². The first-order chi connectivity index (χ1) is 7.83. The molecule has 0 spiro atoms. The van der Waals surface area contributed by atoms with Crippen molar-refractivity contribution in [3.63, 3.8) is 0 Å². The van der Waals surface area contributed by atoms with E-state index in [1.807, 2.05) is 0 Å². The molecule has 2 nitrogen and oxygen atoms in total. The van der Waals surface area contributed by atoms with Gasteiger partial charge in [0.05, 0.1) is 7.11 Å². The topological polar surface area (TPSA) is 35.2 Å². The second kappa shape index (κ2) is 5.09. The fourth-order valence-electron chi connectivity index (χ4n) is 2.17. The highest BCUT2D eigenvalue weighted by Crippen LogP contribution is 2.34. The van der Waals surface area contributed by atoms with Gasteiger partial charge in [-0.25, -0.2) is 0 Å². The number of hydrogen-bond donors (Lipinski definition) is 1. The summed E-state index contributed by atoms with van der Waals surface area (Å²) in [5.41, 5.74) is 9.72. The van der Waals surface area contributed by atoms with E-state index < -0.39 is 0 Å². The maximum absolute atomic E-state index is 5.87. The molecule has 0 fully saturated rings. The molecule has 0 heterocycles. The van der Waals surface area contributed by atoms with E-state index in [0.717, 1.165) is 5.75 Å². The molecule has 2 heteroatoms. The third-order valence-electron chi connectivity index (χ3n) is 3.44. The minimum absolute atomic E-state index is 0.0139. The molecule has 1 aromatic carbocycles. The maximum atomic E-state index is 5.87. The van der Waals surface area contributed by atoms with E-state index in [1.165, 1.54) is 16.7 Å². The Labute approximate surface area is 105 Å². The van der Waals surface area contributed by atoms with Gasteiger partial charge >= 0.3 is 0 Å². The van der Waals surface area contributed by atoms with Gasteiger partial charge in [-0.15, -0.1) is 0 Å². The molecule has 0 saturated carbocycles. The Hall–Kier alpha value is -1.02. The van der Waals surface area contributed by atoms with Gasteiger partial charge < -0.3 is 10.5 Å². The van der Waals surface area contributed by atoms with Crippen LogP contribution >= 0.6 is 0 Å². The second-order valence-corrected chi connectivity index (χ2v) is 5.65. The predicted molar refractivity (Wildman–Crippen MR) is 73.9 cm³/mol.